The highest BCUT2D eigenvalue weighted by Gasteiger charge is 2.15. The van der Waals surface area contributed by atoms with Crippen LogP contribution in [-0.2, 0) is 13.0 Å². The van der Waals surface area contributed by atoms with Crippen molar-refractivity contribution in [2.75, 3.05) is 13.7 Å². The Morgan fingerprint density at radius 2 is 1.67 bits per heavy atom. The second kappa shape index (κ2) is 9.20. The minimum atomic E-state index is -0.687. The summed E-state index contributed by atoms with van der Waals surface area (Å²) in [7, 11) is 1.65. The fourth-order valence-corrected chi connectivity index (χ4v) is 3.50. The van der Waals surface area contributed by atoms with E-state index in [1.54, 1.807) is 31.4 Å². The van der Waals surface area contributed by atoms with Crippen LogP contribution in [0.25, 0.3) is 11.0 Å². The fourth-order valence-electron chi connectivity index (χ4n) is 3.38. The third-order valence-corrected chi connectivity index (χ3v) is 5.16. The zero-order valence-corrected chi connectivity index (χ0v) is 17.4. The van der Waals surface area contributed by atoms with Crippen molar-refractivity contribution in [1.29, 1.82) is 0 Å². The number of hydrogen-bond donors (Lipinski definition) is 1. The molecule has 0 saturated heterocycles. The van der Waals surface area contributed by atoms with E-state index in [4.69, 9.17) is 26.1 Å². The van der Waals surface area contributed by atoms with E-state index in [1.165, 1.54) is 0 Å². The van der Waals surface area contributed by atoms with Gasteiger partial charge in [-0.3, -0.25) is 0 Å². The average Bonchev–Trinajstić information content (AvgIpc) is 3.11. The van der Waals surface area contributed by atoms with Gasteiger partial charge in [-0.05, 0) is 54.1 Å². The number of imidazole rings is 1. The lowest BCUT2D eigenvalue weighted by atomic mass is 10.1. The van der Waals surface area contributed by atoms with E-state index in [0.29, 0.717) is 23.7 Å². The predicted octanol–water partition coefficient (Wildman–Crippen LogP) is 4.73. The topological polar surface area (TPSA) is 56.5 Å². The predicted molar refractivity (Wildman–Crippen MR) is 118 cm³/mol. The molecule has 1 atom stereocenters. The van der Waals surface area contributed by atoms with Gasteiger partial charge in [0, 0.05) is 11.4 Å². The second-order valence-corrected chi connectivity index (χ2v) is 7.51. The number of aromatic nitrogens is 2. The monoisotopic (exact) mass is 422 g/mol. The first-order chi connectivity index (χ1) is 14.6. The molecule has 0 aliphatic carbocycles. The van der Waals surface area contributed by atoms with Crippen LogP contribution in [0.4, 0.5) is 0 Å². The van der Waals surface area contributed by atoms with Gasteiger partial charge in [-0.25, -0.2) is 4.98 Å². The summed E-state index contributed by atoms with van der Waals surface area (Å²) < 4.78 is 13.0. The van der Waals surface area contributed by atoms with Gasteiger partial charge in [0.15, 0.2) is 0 Å². The molecule has 1 unspecified atom stereocenters. The second-order valence-electron chi connectivity index (χ2n) is 7.07. The molecule has 0 aliphatic rings. The number of methoxy groups -OCH3 is 1. The van der Waals surface area contributed by atoms with Gasteiger partial charge >= 0.3 is 0 Å². The molecule has 0 amide bonds. The molecule has 0 saturated carbocycles. The van der Waals surface area contributed by atoms with Crippen molar-refractivity contribution >= 4 is 22.6 Å². The molecule has 0 spiro atoms. The average molecular weight is 423 g/mol. The van der Waals surface area contributed by atoms with Gasteiger partial charge in [-0.1, -0.05) is 35.9 Å². The Kier molecular flexibility index (Phi) is 6.21. The normalized spacial score (nSPS) is 12.1. The fraction of sp³-hybridized carbons (Fsp3) is 0.208. The van der Waals surface area contributed by atoms with E-state index < -0.39 is 6.10 Å². The number of nitrogens with zero attached hydrogens (tertiary/aromatic N) is 2. The SMILES string of the molecule is COc1ccc(Cc2nc3ccccc3n2CC(O)COc2ccc(Cl)cc2)cc1. The summed E-state index contributed by atoms with van der Waals surface area (Å²) in [5.74, 6) is 2.39. The van der Waals surface area contributed by atoms with Gasteiger partial charge in [-0.2, -0.15) is 0 Å². The van der Waals surface area contributed by atoms with Crippen LogP contribution in [0.15, 0.2) is 72.8 Å². The molecule has 0 fully saturated rings. The van der Waals surface area contributed by atoms with Crippen molar-refractivity contribution < 1.29 is 14.6 Å². The standard InChI is InChI=1S/C24H23ClN2O3/c1-29-20-10-6-17(7-11-20)14-24-26-22-4-2-3-5-23(22)27(24)15-19(28)16-30-21-12-8-18(25)9-13-21/h2-13,19,28H,14-16H2,1H3. The molecule has 1 heterocycles. The lowest BCUT2D eigenvalue weighted by molar-refractivity contribution is 0.0928. The summed E-state index contributed by atoms with van der Waals surface area (Å²) in [4.78, 5) is 4.80. The number of halogens is 1. The molecule has 5 nitrogen and oxygen atoms in total. The van der Waals surface area contributed by atoms with Crippen molar-refractivity contribution in [3.8, 4) is 11.5 Å². The molecule has 4 aromatic rings. The first-order valence-electron chi connectivity index (χ1n) is 9.76. The first kappa shape index (κ1) is 20.3. The number of aliphatic hydroxyl groups excluding tert-OH is 1. The molecule has 0 radical (unpaired) electrons. The molecule has 1 N–H and O–H groups in total. The van der Waals surface area contributed by atoms with Crippen LogP contribution in [0.1, 0.15) is 11.4 Å². The molecule has 1 aromatic heterocycles. The molecule has 154 valence electrons. The number of aliphatic hydroxyl groups is 1. The van der Waals surface area contributed by atoms with Crippen LogP contribution >= 0.6 is 11.6 Å². The Bertz CT molecular complexity index is 1110. The quantitative estimate of drug-likeness (QED) is 0.446. The number of para-hydroxylation sites is 2. The smallest absolute Gasteiger partial charge is 0.119 e. The van der Waals surface area contributed by atoms with Crippen molar-refractivity contribution in [2.45, 2.75) is 19.1 Å². The number of ether oxygens (including phenoxy) is 2. The molecule has 6 heteroatoms. The minimum Gasteiger partial charge on any atom is -0.497 e. The molecule has 0 bridgehead atoms. The highest BCUT2D eigenvalue weighted by molar-refractivity contribution is 6.30. The zero-order chi connectivity index (χ0) is 20.9. The van der Waals surface area contributed by atoms with Crippen LogP contribution in [0.3, 0.4) is 0 Å². The summed E-state index contributed by atoms with van der Waals surface area (Å²) in [5.41, 5.74) is 3.03. The third kappa shape index (κ3) is 4.75. The molecular weight excluding hydrogens is 400 g/mol. The van der Waals surface area contributed by atoms with E-state index in [0.717, 1.165) is 28.2 Å². The van der Waals surface area contributed by atoms with Crippen LogP contribution in [0.2, 0.25) is 5.02 Å². The summed E-state index contributed by atoms with van der Waals surface area (Å²) in [6.45, 7) is 0.565. The summed E-state index contributed by atoms with van der Waals surface area (Å²) in [5, 5.41) is 11.3. The molecule has 30 heavy (non-hydrogen) atoms. The van der Waals surface area contributed by atoms with Crippen LogP contribution in [0.5, 0.6) is 11.5 Å². The largest absolute Gasteiger partial charge is 0.497 e. The van der Waals surface area contributed by atoms with Crippen molar-refractivity contribution in [3.05, 3.63) is 89.2 Å². The molecule has 0 aliphatic heterocycles. The Labute approximate surface area is 180 Å². The number of fused-ring (bicyclic) bond motifs is 1. The Morgan fingerprint density at radius 3 is 2.40 bits per heavy atom. The summed E-state index contributed by atoms with van der Waals surface area (Å²) in [6, 6.07) is 23.0. The highest BCUT2D eigenvalue weighted by atomic mass is 35.5. The maximum Gasteiger partial charge on any atom is 0.119 e. The number of hydrogen-bond acceptors (Lipinski definition) is 4. The Balaban J connectivity index is 1.52. The third-order valence-electron chi connectivity index (χ3n) is 4.90. The van der Waals surface area contributed by atoms with E-state index in [9.17, 15) is 5.11 Å². The van der Waals surface area contributed by atoms with Gasteiger partial charge in [0.1, 0.15) is 30.0 Å². The lowest BCUT2D eigenvalue weighted by Crippen LogP contribution is -2.24. The maximum absolute atomic E-state index is 10.6. The van der Waals surface area contributed by atoms with Crippen molar-refractivity contribution in [3.63, 3.8) is 0 Å². The van der Waals surface area contributed by atoms with Crippen LogP contribution < -0.4 is 9.47 Å². The van der Waals surface area contributed by atoms with E-state index in [2.05, 4.69) is 4.57 Å². The van der Waals surface area contributed by atoms with Gasteiger partial charge in [-0.15, -0.1) is 0 Å². The van der Waals surface area contributed by atoms with Crippen molar-refractivity contribution in [1.82, 2.24) is 9.55 Å². The first-order valence-corrected chi connectivity index (χ1v) is 10.1. The Morgan fingerprint density at radius 1 is 0.967 bits per heavy atom. The van der Waals surface area contributed by atoms with Crippen LogP contribution in [-0.4, -0.2) is 34.5 Å². The summed E-state index contributed by atoms with van der Waals surface area (Å²) >= 11 is 5.90. The zero-order valence-electron chi connectivity index (χ0n) is 16.7. The molecule has 3 aromatic carbocycles. The van der Waals surface area contributed by atoms with E-state index in [-0.39, 0.29) is 6.61 Å². The molecule has 4 rings (SSSR count). The maximum atomic E-state index is 10.6. The number of benzene rings is 3. The van der Waals surface area contributed by atoms with Crippen LogP contribution in [0, 0.1) is 0 Å². The minimum absolute atomic E-state index is 0.177. The lowest BCUT2D eigenvalue weighted by Gasteiger charge is -2.16. The van der Waals surface area contributed by atoms with E-state index in [1.807, 2.05) is 48.5 Å². The Hall–Kier alpha value is -3.02. The van der Waals surface area contributed by atoms with Gasteiger partial charge in [0.25, 0.3) is 0 Å². The molecular formula is C24H23ClN2O3. The van der Waals surface area contributed by atoms with Gasteiger partial charge in [0.05, 0.1) is 24.7 Å². The number of rotatable bonds is 8. The van der Waals surface area contributed by atoms with Crippen molar-refractivity contribution in [2.24, 2.45) is 0 Å². The van der Waals surface area contributed by atoms with Gasteiger partial charge < -0.3 is 19.1 Å². The highest BCUT2D eigenvalue weighted by Crippen LogP contribution is 2.21. The van der Waals surface area contributed by atoms with E-state index >= 15 is 0 Å². The summed E-state index contributed by atoms with van der Waals surface area (Å²) in [6.07, 6.45) is -0.0309. The van der Waals surface area contributed by atoms with Gasteiger partial charge in [0.2, 0.25) is 0 Å².